The minimum atomic E-state index is -0.103. The Balaban J connectivity index is 2.10. The molecule has 0 bridgehead atoms. The fraction of sp³-hybridized carbons (Fsp3) is 0.500. The zero-order chi connectivity index (χ0) is 15.4. The van der Waals surface area contributed by atoms with E-state index in [9.17, 15) is 4.79 Å². The predicted molar refractivity (Wildman–Crippen MR) is 82.4 cm³/mol. The van der Waals surface area contributed by atoms with Gasteiger partial charge in [-0.1, -0.05) is 44.0 Å². The second-order valence-corrected chi connectivity index (χ2v) is 5.91. The van der Waals surface area contributed by atoms with Crippen LogP contribution in [0.25, 0.3) is 0 Å². The van der Waals surface area contributed by atoms with Crippen molar-refractivity contribution in [2.24, 2.45) is 22.7 Å². The van der Waals surface area contributed by atoms with Crippen LogP contribution in [0.4, 0.5) is 0 Å². The molecular weight excluding hydrogens is 266 g/mol. The highest BCUT2D eigenvalue weighted by atomic mass is 16.4. The van der Waals surface area contributed by atoms with Gasteiger partial charge in [-0.2, -0.15) is 0 Å². The van der Waals surface area contributed by atoms with Crippen molar-refractivity contribution >= 4 is 11.7 Å². The molecule has 2 rings (SSSR count). The van der Waals surface area contributed by atoms with Gasteiger partial charge < -0.3 is 16.3 Å². The maximum atomic E-state index is 12.4. The van der Waals surface area contributed by atoms with Crippen LogP contribution < -0.4 is 11.1 Å². The molecular formula is C16H23N3O2. The van der Waals surface area contributed by atoms with Crippen molar-refractivity contribution in [2.45, 2.75) is 39.2 Å². The quantitative estimate of drug-likeness (QED) is 0.345. The highest BCUT2D eigenvalue weighted by molar-refractivity contribution is 6.01. The van der Waals surface area contributed by atoms with Gasteiger partial charge in [0.15, 0.2) is 5.84 Å². The Morgan fingerprint density at radius 2 is 2.05 bits per heavy atom. The van der Waals surface area contributed by atoms with Crippen LogP contribution in [0.2, 0.25) is 0 Å². The highest BCUT2D eigenvalue weighted by Gasteiger charge is 2.28. The van der Waals surface area contributed by atoms with Crippen molar-refractivity contribution < 1.29 is 10.0 Å². The van der Waals surface area contributed by atoms with Crippen LogP contribution in [0.1, 0.15) is 49.0 Å². The SMILES string of the molecule is CC1CCCC(NC(=O)c2cccc(/C(N)=N/O)c2)C1C. The molecule has 0 aliphatic heterocycles. The maximum Gasteiger partial charge on any atom is 0.251 e. The molecule has 0 spiro atoms. The zero-order valence-electron chi connectivity index (χ0n) is 12.5. The number of hydrogen-bond donors (Lipinski definition) is 3. The molecule has 114 valence electrons. The fourth-order valence-electron chi connectivity index (χ4n) is 2.91. The summed E-state index contributed by atoms with van der Waals surface area (Å²) in [6.45, 7) is 4.43. The molecule has 5 nitrogen and oxygen atoms in total. The summed E-state index contributed by atoms with van der Waals surface area (Å²) in [5.41, 5.74) is 6.63. The normalized spacial score (nSPS) is 26.4. The number of nitrogens with zero attached hydrogens (tertiary/aromatic N) is 1. The average molecular weight is 289 g/mol. The highest BCUT2D eigenvalue weighted by Crippen LogP contribution is 2.29. The zero-order valence-corrected chi connectivity index (χ0v) is 12.5. The second kappa shape index (κ2) is 6.61. The van der Waals surface area contributed by atoms with Crippen LogP contribution >= 0.6 is 0 Å². The summed E-state index contributed by atoms with van der Waals surface area (Å²) in [5, 5.41) is 14.8. The number of nitrogens with two attached hydrogens (primary N) is 1. The predicted octanol–water partition coefficient (Wildman–Crippen LogP) is 2.34. The van der Waals surface area contributed by atoms with E-state index in [2.05, 4.69) is 24.3 Å². The monoisotopic (exact) mass is 289 g/mol. The first-order valence-electron chi connectivity index (χ1n) is 7.41. The van der Waals surface area contributed by atoms with E-state index in [-0.39, 0.29) is 17.8 Å². The smallest absolute Gasteiger partial charge is 0.251 e. The van der Waals surface area contributed by atoms with Gasteiger partial charge in [0, 0.05) is 17.2 Å². The minimum Gasteiger partial charge on any atom is -0.409 e. The van der Waals surface area contributed by atoms with E-state index in [1.54, 1.807) is 24.3 Å². The summed E-state index contributed by atoms with van der Waals surface area (Å²) in [6.07, 6.45) is 3.41. The Hall–Kier alpha value is -2.04. The number of amides is 1. The molecule has 5 heteroatoms. The Bertz CT molecular complexity index is 542. The number of carbonyl (C=O) groups excluding carboxylic acids is 1. The summed E-state index contributed by atoms with van der Waals surface area (Å²) in [4.78, 5) is 12.4. The lowest BCUT2D eigenvalue weighted by Crippen LogP contribution is -2.43. The van der Waals surface area contributed by atoms with Crippen LogP contribution in [0, 0.1) is 11.8 Å². The lowest BCUT2D eigenvalue weighted by atomic mass is 9.78. The van der Waals surface area contributed by atoms with E-state index in [1.807, 2.05) is 0 Å². The van der Waals surface area contributed by atoms with Gasteiger partial charge in [0.2, 0.25) is 0 Å². The molecule has 1 fully saturated rings. The first kappa shape index (κ1) is 15.4. The first-order chi connectivity index (χ1) is 10.0. The summed E-state index contributed by atoms with van der Waals surface area (Å²) in [5.74, 6) is 1.01. The van der Waals surface area contributed by atoms with E-state index in [1.165, 1.54) is 6.42 Å². The molecule has 1 saturated carbocycles. The van der Waals surface area contributed by atoms with Crippen molar-refractivity contribution in [3.05, 3.63) is 35.4 Å². The van der Waals surface area contributed by atoms with Gasteiger partial charge >= 0.3 is 0 Å². The third-order valence-corrected chi connectivity index (χ3v) is 4.55. The van der Waals surface area contributed by atoms with Gasteiger partial charge in [0.25, 0.3) is 5.91 Å². The lowest BCUT2D eigenvalue weighted by Gasteiger charge is -2.34. The number of nitrogens with one attached hydrogen (secondary N) is 1. The van der Waals surface area contributed by atoms with Crippen LogP contribution in [0.15, 0.2) is 29.4 Å². The van der Waals surface area contributed by atoms with Crippen molar-refractivity contribution in [2.75, 3.05) is 0 Å². The third-order valence-electron chi connectivity index (χ3n) is 4.55. The average Bonchev–Trinajstić information content (AvgIpc) is 2.51. The number of hydrogen-bond acceptors (Lipinski definition) is 3. The Morgan fingerprint density at radius 3 is 2.76 bits per heavy atom. The lowest BCUT2D eigenvalue weighted by molar-refractivity contribution is 0.0891. The van der Waals surface area contributed by atoms with Gasteiger partial charge in [-0.3, -0.25) is 4.79 Å². The molecule has 3 atom stereocenters. The molecule has 1 aromatic rings. The van der Waals surface area contributed by atoms with Crippen molar-refractivity contribution in [1.29, 1.82) is 0 Å². The summed E-state index contributed by atoms with van der Waals surface area (Å²) < 4.78 is 0. The van der Waals surface area contributed by atoms with Gasteiger partial charge in [0.05, 0.1) is 0 Å². The molecule has 0 saturated heterocycles. The van der Waals surface area contributed by atoms with E-state index < -0.39 is 0 Å². The van der Waals surface area contributed by atoms with E-state index in [4.69, 9.17) is 10.9 Å². The summed E-state index contributed by atoms with van der Waals surface area (Å²) in [7, 11) is 0. The first-order valence-corrected chi connectivity index (χ1v) is 7.41. The molecule has 1 aliphatic carbocycles. The molecule has 3 unspecified atom stereocenters. The van der Waals surface area contributed by atoms with Crippen LogP contribution in [0.3, 0.4) is 0 Å². The van der Waals surface area contributed by atoms with Gasteiger partial charge in [-0.25, -0.2) is 0 Å². The Morgan fingerprint density at radius 1 is 1.33 bits per heavy atom. The molecule has 21 heavy (non-hydrogen) atoms. The van der Waals surface area contributed by atoms with Crippen LogP contribution in [-0.4, -0.2) is 23.0 Å². The second-order valence-electron chi connectivity index (χ2n) is 5.91. The summed E-state index contributed by atoms with van der Waals surface area (Å²) in [6, 6.07) is 7.03. The molecule has 1 amide bonds. The van der Waals surface area contributed by atoms with Crippen molar-refractivity contribution in [3.63, 3.8) is 0 Å². The van der Waals surface area contributed by atoms with Gasteiger partial charge in [-0.15, -0.1) is 0 Å². The number of amidine groups is 1. The molecule has 1 aliphatic rings. The van der Waals surface area contributed by atoms with E-state index >= 15 is 0 Å². The van der Waals surface area contributed by atoms with Gasteiger partial charge in [-0.05, 0) is 30.4 Å². The Kier molecular flexibility index (Phi) is 4.83. The number of benzene rings is 1. The fourth-order valence-corrected chi connectivity index (χ4v) is 2.91. The molecule has 1 aromatic carbocycles. The number of oxime groups is 1. The third kappa shape index (κ3) is 3.54. The molecule has 0 heterocycles. The largest absolute Gasteiger partial charge is 0.409 e. The van der Waals surface area contributed by atoms with Crippen molar-refractivity contribution in [1.82, 2.24) is 5.32 Å². The minimum absolute atomic E-state index is 0.00399. The molecule has 0 aromatic heterocycles. The van der Waals surface area contributed by atoms with Crippen LogP contribution in [0.5, 0.6) is 0 Å². The Labute approximate surface area is 125 Å². The summed E-state index contributed by atoms with van der Waals surface area (Å²) >= 11 is 0. The standard InChI is InChI=1S/C16H23N3O2/c1-10-5-3-8-14(11(10)2)18-16(20)13-7-4-6-12(9-13)15(17)19-21/h4,6-7,9-11,14,21H,3,5,8H2,1-2H3,(H2,17,19)(H,18,20). The van der Waals surface area contributed by atoms with Crippen molar-refractivity contribution in [3.8, 4) is 0 Å². The van der Waals surface area contributed by atoms with Gasteiger partial charge in [0.1, 0.15) is 0 Å². The van der Waals surface area contributed by atoms with E-state index in [0.717, 1.165) is 12.8 Å². The molecule has 4 N–H and O–H groups in total. The molecule has 0 radical (unpaired) electrons. The number of carbonyl (C=O) groups is 1. The topological polar surface area (TPSA) is 87.7 Å². The van der Waals surface area contributed by atoms with E-state index in [0.29, 0.717) is 23.0 Å². The van der Waals surface area contributed by atoms with Crippen LogP contribution in [-0.2, 0) is 0 Å². The number of rotatable bonds is 3. The maximum absolute atomic E-state index is 12.4.